The molecule has 25 heavy (non-hydrogen) atoms. The van der Waals surface area contributed by atoms with Gasteiger partial charge in [-0.25, -0.2) is 13.2 Å². The maximum Gasteiger partial charge on any atom is 0.342 e. The number of anilines is 1. The number of hydrogen-bond donors (Lipinski definition) is 1. The first-order valence-corrected chi connectivity index (χ1v) is 7.08. The lowest BCUT2D eigenvalue weighted by Crippen LogP contribution is -2.33. The van der Waals surface area contributed by atoms with E-state index >= 15 is 0 Å². The highest BCUT2D eigenvalue weighted by Gasteiger charge is 2.51. The normalized spacial score (nSPS) is 15.1. The molecule has 1 aliphatic carbocycles. The van der Waals surface area contributed by atoms with Crippen molar-refractivity contribution in [3.05, 3.63) is 64.2 Å². The van der Waals surface area contributed by atoms with E-state index in [-0.39, 0.29) is 16.7 Å². The Kier molecular flexibility index (Phi) is 3.85. The van der Waals surface area contributed by atoms with E-state index in [4.69, 9.17) is 5.73 Å². The molecule has 2 aromatic carbocycles. The van der Waals surface area contributed by atoms with E-state index in [0.29, 0.717) is 0 Å². The number of carbonyl (C=O) groups is 2. The molecule has 130 valence electrons. The highest BCUT2D eigenvalue weighted by atomic mass is 19.3. The van der Waals surface area contributed by atoms with Gasteiger partial charge in [-0.3, -0.25) is 9.59 Å². The molecule has 0 amide bonds. The summed E-state index contributed by atoms with van der Waals surface area (Å²) in [7, 11) is 0. The Labute approximate surface area is 138 Å². The number of nitrogen functional groups attached to an aromatic ring is 1. The molecule has 2 N–H and O–H groups in total. The van der Waals surface area contributed by atoms with Crippen molar-refractivity contribution in [2.45, 2.75) is 18.5 Å². The van der Waals surface area contributed by atoms with Crippen molar-refractivity contribution in [2.24, 2.45) is 0 Å². The van der Waals surface area contributed by atoms with Crippen molar-refractivity contribution < 1.29 is 31.5 Å². The first-order valence-electron chi connectivity index (χ1n) is 7.08. The zero-order valence-electron chi connectivity index (χ0n) is 12.4. The molecule has 0 spiro atoms. The molecule has 0 bridgehead atoms. The molecule has 2 aromatic rings. The van der Waals surface area contributed by atoms with Crippen LogP contribution >= 0.6 is 0 Å². The summed E-state index contributed by atoms with van der Waals surface area (Å²) in [6.07, 6.45) is -7.67. The lowest BCUT2D eigenvalue weighted by molar-refractivity contribution is -0.172. The molecule has 0 heterocycles. The van der Waals surface area contributed by atoms with Crippen molar-refractivity contribution in [3.8, 4) is 0 Å². The average Bonchev–Trinajstić information content (AvgIpc) is 2.58. The predicted octanol–water partition coefficient (Wildman–Crippen LogP) is 3.96. The van der Waals surface area contributed by atoms with Gasteiger partial charge in [0.1, 0.15) is 0 Å². The molecule has 1 atom stereocenters. The monoisotopic (exact) mass is 355 g/mol. The number of hydrogen-bond acceptors (Lipinski definition) is 3. The molecule has 3 nitrogen and oxygen atoms in total. The molecule has 0 aliphatic heterocycles. The van der Waals surface area contributed by atoms with E-state index in [9.17, 15) is 31.5 Å². The van der Waals surface area contributed by atoms with Gasteiger partial charge in [0.2, 0.25) is 0 Å². The summed E-state index contributed by atoms with van der Waals surface area (Å²) in [5.74, 6) is -6.32. The lowest BCUT2D eigenvalue weighted by atomic mass is 9.81. The highest BCUT2D eigenvalue weighted by molar-refractivity contribution is 6.30. The van der Waals surface area contributed by atoms with Crippen LogP contribution in [0.4, 0.5) is 27.6 Å². The molecule has 0 fully saturated rings. The minimum atomic E-state index is -4.98. The largest absolute Gasteiger partial charge is 0.398 e. The quantitative estimate of drug-likeness (QED) is 0.572. The summed E-state index contributed by atoms with van der Waals surface area (Å²) in [5.41, 5.74) is 3.38. The van der Waals surface area contributed by atoms with E-state index in [0.717, 1.165) is 12.1 Å². The first kappa shape index (κ1) is 17.1. The van der Waals surface area contributed by atoms with Crippen LogP contribution in [0.3, 0.4) is 0 Å². The molecule has 0 saturated heterocycles. The smallest absolute Gasteiger partial charge is 0.342 e. The molecular formula is C17H10F5NO2. The third-order valence-corrected chi connectivity index (χ3v) is 4.07. The zero-order valence-corrected chi connectivity index (χ0v) is 12.4. The van der Waals surface area contributed by atoms with Crippen LogP contribution in [0.25, 0.3) is 0 Å². The first-order chi connectivity index (χ1) is 11.7. The number of ketones is 2. The number of carbonyl (C=O) groups excluding carboxylic acids is 2. The van der Waals surface area contributed by atoms with Crippen molar-refractivity contribution >= 4 is 17.3 Å². The third kappa shape index (κ3) is 2.40. The van der Waals surface area contributed by atoms with Gasteiger partial charge in [-0.1, -0.05) is 30.3 Å². The molecular weight excluding hydrogens is 345 g/mol. The lowest BCUT2D eigenvalue weighted by Gasteiger charge is -2.24. The van der Waals surface area contributed by atoms with Crippen LogP contribution in [-0.4, -0.2) is 23.9 Å². The Bertz CT molecular complexity index is 895. The number of benzene rings is 2. The summed E-state index contributed by atoms with van der Waals surface area (Å²) in [5, 5.41) is 0. The summed E-state index contributed by atoms with van der Waals surface area (Å²) >= 11 is 0. The SMILES string of the molecule is Nc1c(C(F)C(F)(F)C(F)F)ccc2c1C(=O)c1ccccc1C2=O. The summed E-state index contributed by atoms with van der Waals surface area (Å²) in [4.78, 5) is 25.0. The van der Waals surface area contributed by atoms with Gasteiger partial charge in [0.25, 0.3) is 0 Å². The Morgan fingerprint density at radius 1 is 0.840 bits per heavy atom. The van der Waals surface area contributed by atoms with Crippen LogP contribution in [0, 0.1) is 0 Å². The zero-order chi connectivity index (χ0) is 18.5. The van der Waals surface area contributed by atoms with E-state index < -0.39 is 46.9 Å². The van der Waals surface area contributed by atoms with Crippen molar-refractivity contribution in [1.82, 2.24) is 0 Å². The van der Waals surface area contributed by atoms with Crippen molar-refractivity contribution in [3.63, 3.8) is 0 Å². The summed E-state index contributed by atoms with van der Waals surface area (Å²) < 4.78 is 65.5. The van der Waals surface area contributed by atoms with Gasteiger partial charge in [-0.2, -0.15) is 8.78 Å². The second kappa shape index (κ2) is 5.65. The maximum absolute atomic E-state index is 14.0. The molecule has 8 heteroatoms. The fourth-order valence-corrected chi connectivity index (χ4v) is 2.77. The van der Waals surface area contributed by atoms with Gasteiger partial charge in [-0.15, -0.1) is 0 Å². The van der Waals surface area contributed by atoms with Crippen LogP contribution in [0.5, 0.6) is 0 Å². The standard InChI is InChI=1S/C17H10F5NO2/c18-15(17(21,22)16(19)20)10-6-5-9-11(12(10)23)14(25)8-4-2-1-3-7(8)13(9)24/h1-6,15-16H,23H2. The summed E-state index contributed by atoms with van der Waals surface area (Å²) in [6, 6.07) is 7.45. The molecule has 1 aliphatic rings. The minimum Gasteiger partial charge on any atom is -0.398 e. The Morgan fingerprint density at radius 2 is 1.40 bits per heavy atom. The van der Waals surface area contributed by atoms with Crippen LogP contribution in [0.2, 0.25) is 0 Å². The maximum atomic E-state index is 14.0. The van der Waals surface area contributed by atoms with Gasteiger partial charge in [0.05, 0.1) is 5.56 Å². The van der Waals surface area contributed by atoms with Crippen molar-refractivity contribution in [2.75, 3.05) is 5.73 Å². The molecule has 0 radical (unpaired) electrons. The summed E-state index contributed by atoms with van der Waals surface area (Å²) in [6.45, 7) is 0. The van der Waals surface area contributed by atoms with Crippen LogP contribution < -0.4 is 5.73 Å². The van der Waals surface area contributed by atoms with E-state index in [1.165, 1.54) is 24.3 Å². The number of rotatable bonds is 3. The van der Waals surface area contributed by atoms with Gasteiger partial charge >= 0.3 is 12.3 Å². The van der Waals surface area contributed by atoms with Crippen molar-refractivity contribution in [1.29, 1.82) is 0 Å². The molecule has 0 aromatic heterocycles. The van der Waals surface area contributed by atoms with Crippen LogP contribution in [0.15, 0.2) is 36.4 Å². The van der Waals surface area contributed by atoms with Gasteiger partial charge in [-0.05, 0) is 6.07 Å². The van der Waals surface area contributed by atoms with Crippen LogP contribution in [0.1, 0.15) is 43.6 Å². The molecule has 1 unspecified atom stereocenters. The topological polar surface area (TPSA) is 60.2 Å². The van der Waals surface area contributed by atoms with E-state index in [1.54, 1.807) is 0 Å². The second-order valence-corrected chi connectivity index (χ2v) is 5.53. The number of alkyl halides is 5. The van der Waals surface area contributed by atoms with E-state index in [2.05, 4.69) is 0 Å². The number of nitrogens with two attached hydrogens (primary N) is 1. The van der Waals surface area contributed by atoms with Gasteiger partial charge in [0.15, 0.2) is 17.7 Å². The predicted molar refractivity (Wildman–Crippen MR) is 79.0 cm³/mol. The van der Waals surface area contributed by atoms with Gasteiger partial charge in [0, 0.05) is 27.9 Å². The Hall–Kier alpha value is -2.77. The van der Waals surface area contributed by atoms with E-state index in [1.807, 2.05) is 0 Å². The number of fused-ring (bicyclic) bond motifs is 2. The fourth-order valence-electron chi connectivity index (χ4n) is 2.77. The average molecular weight is 355 g/mol. The molecule has 0 saturated carbocycles. The highest BCUT2D eigenvalue weighted by Crippen LogP contribution is 2.43. The second-order valence-electron chi connectivity index (χ2n) is 5.53. The van der Waals surface area contributed by atoms with Crippen LogP contribution in [-0.2, 0) is 0 Å². The Balaban J connectivity index is 2.18. The molecule has 3 rings (SSSR count). The third-order valence-electron chi connectivity index (χ3n) is 4.07. The van der Waals surface area contributed by atoms with Gasteiger partial charge < -0.3 is 5.73 Å². The number of halogens is 5. The fraction of sp³-hybridized carbons (Fsp3) is 0.176. The Morgan fingerprint density at radius 3 is 1.96 bits per heavy atom. The minimum absolute atomic E-state index is 0.0140.